The highest BCUT2D eigenvalue weighted by Gasteiger charge is 2.41. The van der Waals surface area contributed by atoms with Crippen molar-refractivity contribution in [1.29, 1.82) is 0 Å². The van der Waals surface area contributed by atoms with Gasteiger partial charge >= 0.3 is 18.2 Å². The molecular weight excluding hydrogens is 584 g/mol. The predicted molar refractivity (Wildman–Crippen MR) is 181 cm³/mol. The summed E-state index contributed by atoms with van der Waals surface area (Å²) < 4.78 is 22.8. The van der Waals surface area contributed by atoms with Gasteiger partial charge < -0.3 is 18.9 Å². The number of rotatable bonds is 12. The van der Waals surface area contributed by atoms with Crippen LogP contribution in [0.5, 0.6) is 0 Å². The van der Waals surface area contributed by atoms with Crippen molar-refractivity contribution in [3.05, 3.63) is 83.9 Å². The molecule has 2 amide bonds. The number of esters is 1. The SMILES string of the molecule is C/C=C/CC(CCOCCN(C(=O)OC(C)(C)C)C(=O)OC(C)(C)C)(N=C(c1ccccc1)c1ccccc1)C(=O)OC(C)(C)C. The summed E-state index contributed by atoms with van der Waals surface area (Å²) in [4.78, 5) is 45.9. The van der Waals surface area contributed by atoms with Crippen LogP contribution in [0.4, 0.5) is 9.59 Å². The van der Waals surface area contributed by atoms with Crippen LogP contribution in [0.2, 0.25) is 0 Å². The summed E-state index contributed by atoms with van der Waals surface area (Å²) in [5.41, 5.74) is -1.36. The van der Waals surface area contributed by atoms with E-state index in [1.807, 2.05) is 101 Å². The number of hydrogen-bond donors (Lipinski definition) is 0. The second-order valence-corrected chi connectivity index (χ2v) is 14.0. The van der Waals surface area contributed by atoms with Gasteiger partial charge in [-0.2, -0.15) is 0 Å². The summed E-state index contributed by atoms with van der Waals surface area (Å²) in [6.07, 6.45) is 2.55. The predicted octanol–water partition coefficient (Wildman–Crippen LogP) is 8.15. The van der Waals surface area contributed by atoms with E-state index in [-0.39, 0.29) is 32.6 Å². The molecule has 0 saturated carbocycles. The van der Waals surface area contributed by atoms with Crippen LogP contribution in [0.1, 0.15) is 93.2 Å². The molecule has 0 N–H and O–H groups in total. The third kappa shape index (κ3) is 13.2. The summed E-state index contributed by atoms with van der Waals surface area (Å²) in [5.74, 6) is -0.477. The second kappa shape index (κ2) is 16.5. The van der Waals surface area contributed by atoms with Gasteiger partial charge in [0.2, 0.25) is 0 Å². The molecule has 0 aromatic heterocycles. The number of hydrogen-bond acceptors (Lipinski definition) is 8. The maximum atomic E-state index is 14.1. The van der Waals surface area contributed by atoms with E-state index in [0.29, 0.717) is 5.71 Å². The molecule has 2 aromatic carbocycles. The topological polar surface area (TPSA) is 104 Å². The van der Waals surface area contributed by atoms with Gasteiger partial charge in [-0.1, -0.05) is 72.8 Å². The lowest BCUT2D eigenvalue weighted by molar-refractivity contribution is -0.162. The minimum atomic E-state index is -1.34. The number of amides is 2. The van der Waals surface area contributed by atoms with Crippen LogP contribution in [0, 0.1) is 0 Å². The van der Waals surface area contributed by atoms with E-state index < -0.39 is 40.5 Å². The lowest BCUT2D eigenvalue weighted by atomic mass is 9.89. The zero-order valence-corrected chi connectivity index (χ0v) is 29.2. The number of allylic oxidation sites excluding steroid dienone is 1. The fourth-order valence-corrected chi connectivity index (χ4v) is 4.21. The van der Waals surface area contributed by atoms with Gasteiger partial charge in [0, 0.05) is 30.6 Å². The number of nitrogens with zero attached hydrogens (tertiary/aromatic N) is 2. The number of benzene rings is 2. The molecule has 0 saturated heterocycles. The summed E-state index contributed by atoms with van der Waals surface area (Å²) in [7, 11) is 0. The summed E-state index contributed by atoms with van der Waals surface area (Å²) >= 11 is 0. The first kappa shape index (κ1) is 38.2. The van der Waals surface area contributed by atoms with Gasteiger partial charge in [-0.05, 0) is 69.2 Å². The van der Waals surface area contributed by atoms with Gasteiger partial charge in [0.05, 0.1) is 18.9 Å². The monoisotopic (exact) mass is 636 g/mol. The molecule has 252 valence electrons. The van der Waals surface area contributed by atoms with Gasteiger partial charge in [-0.3, -0.25) is 4.99 Å². The molecular formula is C37H52N2O7. The molecule has 0 spiro atoms. The molecule has 2 aromatic rings. The lowest BCUT2D eigenvalue weighted by Gasteiger charge is -2.32. The van der Waals surface area contributed by atoms with Crippen LogP contribution >= 0.6 is 0 Å². The minimum absolute atomic E-state index is 0.0134. The van der Waals surface area contributed by atoms with Crippen LogP contribution in [0.15, 0.2) is 77.8 Å². The van der Waals surface area contributed by atoms with Gasteiger partial charge in [0.25, 0.3) is 0 Å². The van der Waals surface area contributed by atoms with E-state index >= 15 is 0 Å². The van der Waals surface area contributed by atoms with Crippen molar-refractivity contribution >= 4 is 23.9 Å². The van der Waals surface area contributed by atoms with E-state index in [4.69, 9.17) is 23.9 Å². The Labute approximate surface area is 275 Å². The maximum Gasteiger partial charge on any atom is 0.419 e. The van der Waals surface area contributed by atoms with Gasteiger partial charge in [-0.25, -0.2) is 19.3 Å². The second-order valence-electron chi connectivity index (χ2n) is 14.0. The van der Waals surface area contributed by atoms with Crippen LogP contribution in [-0.2, 0) is 23.7 Å². The lowest BCUT2D eigenvalue weighted by Crippen LogP contribution is -2.45. The molecule has 2 rings (SSSR count). The Morgan fingerprint density at radius 1 is 0.696 bits per heavy atom. The third-order valence-corrected chi connectivity index (χ3v) is 6.24. The normalized spacial score (nSPS) is 13.4. The van der Waals surface area contributed by atoms with E-state index in [1.54, 1.807) is 41.5 Å². The smallest absolute Gasteiger partial charge is 0.419 e. The van der Waals surface area contributed by atoms with Crippen molar-refractivity contribution in [2.45, 2.75) is 104 Å². The first-order valence-corrected chi connectivity index (χ1v) is 15.7. The zero-order chi connectivity index (χ0) is 34.6. The molecule has 0 bridgehead atoms. The largest absolute Gasteiger partial charge is 0.458 e. The van der Waals surface area contributed by atoms with E-state index in [1.165, 1.54) is 0 Å². The maximum absolute atomic E-state index is 14.1. The van der Waals surface area contributed by atoms with Gasteiger partial charge in [0.15, 0.2) is 5.54 Å². The number of ether oxygens (including phenoxy) is 4. The minimum Gasteiger partial charge on any atom is -0.458 e. The van der Waals surface area contributed by atoms with Crippen molar-refractivity contribution in [2.75, 3.05) is 19.8 Å². The summed E-state index contributed by atoms with van der Waals surface area (Å²) in [6, 6.07) is 19.4. The summed E-state index contributed by atoms with van der Waals surface area (Å²) in [5, 5.41) is 0. The van der Waals surface area contributed by atoms with Crippen molar-refractivity contribution < 1.29 is 33.3 Å². The fourth-order valence-electron chi connectivity index (χ4n) is 4.21. The van der Waals surface area contributed by atoms with Crippen LogP contribution in [-0.4, -0.2) is 70.9 Å². The molecule has 9 heteroatoms. The molecule has 0 aliphatic heterocycles. The fraction of sp³-hybridized carbons (Fsp3) is 0.514. The van der Waals surface area contributed by atoms with Crippen molar-refractivity contribution in [1.82, 2.24) is 4.90 Å². The Balaban J connectivity index is 2.44. The molecule has 1 unspecified atom stereocenters. The highest BCUT2D eigenvalue weighted by atomic mass is 16.6. The highest BCUT2D eigenvalue weighted by molar-refractivity contribution is 6.13. The zero-order valence-electron chi connectivity index (χ0n) is 29.2. The summed E-state index contributed by atoms with van der Waals surface area (Å²) in [6.45, 7) is 17.6. The van der Waals surface area contributed by atoms with Crippen LogP contribution in [0.3, 0.4) is 0 Å². The first-order valence-electron chi connectivity index (χ1n) is 15.7. The van der Waals surface area contributed by atoms with Crippen molar-refractivity contribution in [2.24, 2.45) is 4.99 Å². The molecule has 0 aliphatic carbocycles. The molecule has 9 nitrogen and oxygen atoms in total. The first-order chi connectivity index (χ1) is 21.4. The highest BCUT2D eigenvalue weighted by Crippen LogP contribution is 2.29. The molecule has 0 radical (unpaired) electrons. The Morgan fingerprint density at radius 3 is 1.57 bits per heavy atom. The number of aliphatic imine (C=N–C) groups is 1. The Kier molecular flexibility index (Phi) is 13.7. The average molecular weight is 637 g/mol. The average Bonchev–Trinajstić information content (AvgIpc) is 2.94. The third-order valence-electron chi connectivity index (χ3n) is 6.24. The van der Waals surface area contributed by atoms with Crippen LogP contribution in [0.25, 0.3) is 0 Å². The van der Waals surface area contributed by atoms with E-state index in [2.05, 4.69) is 0 Å². The number of carbonyl (C=O) groups is 3. The van der Waals surface area contributed by atoms with Crippen molar-refractivity contribution in [3.63, 3.8) is 0 Å². The Bertz CT molecular complexity index is 1260. The van der Waals surface area contributed by atoms with Gasteiger partial charge in [-0.15, -0.1) is 0 Å². The molecule has 0 heterocycles. The molecule has 0 fully saturated rings. The van der Waals surface area contributed by atoms with Gasteiger partial charge in [0.1, 0.15) is 16.8 Å². The van der Waals surface area contributed by atoms with E-state index in [0.717, 1.165) is 16.0 Å². The quantitative estimate of drug-likeness (QED) is 0.0761. The Morgan fingerprint density at radius 2 is 1.15 bits per heavy atom. The number of imide groups is 1. The van der Waals surface area contributed by atoms with Crippen molar-refractivity contribution in [3.8, 4) is 0 Å². The van der Waals surface area contributed by atoms with E-state index in [9.17, 15) is 14.4 Å². The molecule has 0 aliphatic rings. The molecule has 46 heavy (non-hydrogen) atoms. The Hall–Kier alpha value is -3.98. The molecule has 1 atom stereocenters. The van der Waals surface area contributed by atoms with Crippen LogP contribution < -0.4 is 0 Å². The number of carbonyl (C=O) groups excluding carboxylic acids is 3. The standard InChI is InChI=1S/C37H52N2O7/c1-11-12-23-37(31(40)44-34(2,3)4,38-30(28-19-15-13-16-20-28)29-21-17-14-18-22-29)24-26-43-27-25-39(32(41)45-35(5,6)7)33(42)46-36(8,9)10/h11-22H,23-27H2,1-10H3/b12-11+.